The third-order valence-electron chi connectivity index (χ3n) is 18.5. The Hall–Kier alpha value is -11.0. The van der Waals surface area contributed by atoms with E-state index < -0.39 is 0 Å². The van der Waals surface area contributed by atoms with Gasteiger partial charge < -0.3 is 9.47 Å². The third-order valence-corrected chi connectivity index (χ3v) is 19.7. The highest BCUT2D eigenvalue weighted by molar-refractivity contribution is 7.26. The standard InChI is InChI=1S/C84H53BN2S/c1-7-21-54(22-8-1)60-33-19-35-62(43-60)65-38-41-76-70(45-65)73-47-67(63-36-20-34-61(44-63)55-23-9-2-10-24-55)48-75-84(73)87(76)80-51-68(58-29-15-5-16-30-58)50-79-83(80)85(75)74-53-82-72(71-46-64(39-42-81(71)88-82)56-25-11-3-12-26-56)52-78(74)86(79)77-49-66(57-27-13-4-14-28-57)37-40-69(77)59-31-17-6-18-32-59/h1-53H. The molecule has 0 bridgehead atoms. The molecule has 2 aromatic heterocycles. The van der Waals surface area contributed by atoms with Crippen LogP contribution in [0.3, 0.4) is 0 Å². The van der Waals surface area contributed by atoms with Gasteiger partial charge in [0.25, 0.3) is 6.71 Å². The normalized spacial score (nSPS) is 12.3. The summed E-state index contributed by atoms with van der Waals surface area (Å²) in [6, 6.07) is 120. The van der Waals surface area contributed by atoms with Gasteiger partial charge in [0.2, 0.25) is 0 Å². The summed E-state index contributed by atoms with van der Waals surface area (Å²) in [4.78, 5) is 2.66. The van der Waals surface area contributed by atoms with Gasteiger partial charge in [0.1, 0.15) is 0 Å². The Morgan fingerprint density at radius 2 is 0.659 bits per heavy atom. The molecule has 0 aliphatic carbocycles. The summed E-state index contributed by atoms with van der Waals surface area (Å²) < 4.78 is 5.20. The van der Waals surface area contributed by atoms with Crippen LogP contribution in [0.2, 0.25) is 0 Å². The SMILES string of the molecule is c1ccc(-c2cccc(-c3ccc4c(c3)c3cc(-c5cccc(-c6ccccc6)c5)cc5c3n4-c3cc(-c4ccccc4)cc4c3B5c3cc5sc6ccc(-c7ccccc7)cc6c5cc3N4c3cc(-c4ccccc4)ccc3-c3ccccc3)c2)cc1. The first-order valence-corrected chi connectivity index (χ1v) is 31.2. The van der Waals surface area contributed by atoms with Crippen LogP contribution in [0.5, 0.6) is 0 Å². The highest BCUT2D eigenvalue weighted by Crippen LogP contribution is 2.50. The van der Waals surface area contributed by atoms with Crippen LogP contribution in [-0.4, -0.2) is 11.3 Å². The molecule has 0 saturated carbocycles. The molecule has 0 spiro atoms. The highest BCUT2D eigenvalue weighted by Gasteiger charge is 2.44. The van der Waals surface area contributed by atoms with E-state index >= 15 is 0 Å². The van der Waals surface area contributed by atoms with Crippen molar-refractivity contribution in [3.05, 3.63) is 322 Å². The smallest absolute Gasteiger partial charge is 0.252 e. The lowest BCUT2D eigenvalue weighted by Crippen LogP contribution is -2.60. The molecule has 0 N–H and O–H groups in total. The molecule has 0 atom stereocenters. The van der Waals surface area contributed by atoms with Gasteiger partial charge in [0, 0.05) is 59.1 Å². The number of fused-ring (bicyclic) bond motifs is 10. The Morgan fingerprint density at radius 3 is 1.26 bits per heavy atom. The Balaban J connectivity index is 0.978. The fraction of sp³-hybridized carbons (Fsp3) is 0. The van der Waals surface area contributed by atoms with E-state index in [0.717, 1.165) is 11.3 Å². The Kier molecular flexibility index (Phi) is 11.6. The molecule has 0 amide bonds. The lowest BCUT2D eigenvalue weighted by Gasteiger charge is -2.41. The molecule has 2 aliphatic rings. The van der Waals surface area contributed by atoms with Crippen molar-refractivity contribution in [2.75, 3.05) is 4.90 Å². The van der Waals surface area contributed by atoms with Crippen LogP contribution in [0.1, 0.15) is 0 Å². The van der Waals surface area contributed by atoms with Crippen LogP contribution in [0.15, 0.2) is 322 Å². The fourth-order valence-electron chi connectivity index (χ4n) is 14.4. The van der Waals surface area contributed by atoms with Crippen LogP contribution in [-0.2, 0) is 0 Å². The molecule has 0 fully saturated rings. The number of nitrogens with zero attached hydrogens (tertiary/aromatic N) is 2. The van der Waals surface area contributed by atoms with Crippen molar-refractivity contribution in [3.63, 3.8) is 0 Å². The zero-order valence-electron chi connectivity index (χ0n) is 48.0. The van der Waals surface area contributed by atoms with E-state index in [4.69, 9.17) is 0 Å². The second kappa shape index (κ2) is 20.3. The van der Waals surface area contributed by atoms with Gasteiger partial charge in [-0.1, -0.05) is 249 Å². The largest absolute Gasteiger partial charge is 0.311 e. The number of thiophene rings is 1. The van der Waals surface area contributed by atoms with E-state index in [0.29, 0.717) is 0 Å². The number of hydrogen-bond acceptors (Lipinski definition) is 2. The molecule has 4 heterocycles. The number of benzene rings is 14. The zero-order valence-corrected chi connectivity index (χ0v) is 48.8. The number of hydrogen-bond donors (Lipinski definition) is 0. The van der Waals surface area contributed by atoms with E-state index in [-0.39, 0.29) is 6.71 Å². The molecular formula is C84H53BN2S. The summed E-state index contributed by atoms with van der Waals surface area (Å²) >= 11 is 1.91. The van der Waals surface area contributed by atoms with Crippen molar-refractivity contribution in [3.8, 4) is 94.7 Å². The summed E-state index contributed by atoms with van der Waals surface area (Å²) in [6.07, 6.45) is 0. The predicted molar refractivity (Wildman–Crippen MR) is 376 cm³/mol. The lowest BCUT2D eigenvalue weighted by atomic mass is 9.33. The van der Waals surface area contributed by atoms with E-state index in [1.807, 2.05) is 11.3 Å². The molecule has 408 valence electrons. The van der Waals surface area contributed by atoms with Crippen molar-refractivity contribution < 1.29 is 0 Å². The van der Waals surface area contributed by atoms with Crippen molar-refractivity contribution in [2.24, 2.45) is 0 Å². The topological polar surface area (TPSA) is 8.17 Å². The van der Waals surface area contributed by atoms with Gasteiger partial charge >= 0.3 is 0 Å². The first-order valence-electron chi connectivity index (χ1n) is 30.4. The molecule has 0 unspecified atom stereocenters. The molecule has 2 nitrogen and oxygen atoms in total. The van der Waals surface area contributed by atoms with Crippen molar-refractivity contribution in [1.82, 2.24) is 4.57 Å². The maximum absolute atomic E-state index is 2.66. The van der Waals surface area contributed by atoms with Crippen LogP contribution in [0, 0.1) is 0 Å². The van der Waals surface area contributed by atoms with Gasteiger partial charge in [-0.2, -0.15) is 0 Å². The zero-order chi connectivity index (χ0) is 57.8. The summed E-state index contributed by atoms with van der Waals surface area (Å²) in [5, 5.41) is 5.00. The predicted octanol–water partition coefficient (Wildman–Crippen LogP) is 21.1. The molecule has 88 heavy (non-hydrogen) atoms. The van der Waals surface area contributed by atoms with Crippen molar-refractivity contribution in [1.29, 1.82) is 0 Å². The molecule has 0 saturated heterocycles. The van der Waals surface area contributed by atoms with Crippen LogP contribution in [0.4, 0.5) is 17.1 Å². The first kappa shape index (κ1) is 50.3. The summed E-state index contributed by atoms with van der Waals surface area (Å²) in [5.41, 5.74) is 30.0. The fourth-order valence-corrected chi connectivity index (χ4v) is 15.5. The maximum Gasteiger partial charge on any atom is 0.252 e. The number of aromatic nitrogens is 1. The van der Waals surface area contributed by atoms with E-state index in [1.165, 1.54) is 159 Å². The van der Waals surface area contributed by atoms with Crippen molar-refractivity contribution >= 4 is 93.5 Å². The highest BCUT2D eigenvalue weighted by atomic mass is 32.1. The van der Waals surface area contributed by atoms with E-state index in [1.54, 1.807) is 0 Å². The Bertz CT molecular complexity index is 5420. The average Bonchev–Trinajstić information content (AvgIpc) is 1.68. The monoisotopic (exact) mass is 1130 g/mol. The Morgan fingerprint density at radius 1 is 0.239 bits per heavy atom. The third kappa shape index (κ3) is 8.18. The lowest BCUT2D eigenvalue weighted by molar-refractivity contribution is 1.18. The van der Waals surface area contributed by atoms with Crippen LogP contribution >= 0.6 is 11.3 Å². The minimum absolute atomic E-state index is 0.147. The molecular weight excluding hydrogens is 1080 g/mol. The number of rotatable bonds is 9. The molecule has 4 heteroatoms. The van der Waals surface area contributed by atoms with E-state index in [9.17, 15) is 0 Å². The van der Waals surface area contributed by atoms with Gasteiger partial charge in [-0.3, -0.25) is 0 Å². The van der Waals surface area contributed by atoms with Crippen LogP contribution in [0.25, 0.3) is 137 Å². The van der Waals surface area contributed by atoms with Gasteiger partial charge in [-0.05, 0) is 173 Å². The summed E-state index contributed by atoms with van der Waals surface area (Å²) in [5.74, 6) is 0. The quantitative estimate of drug-likeness (QED) is 0.131. The second-order valence-electron chi connectivity index (χ2n) is 23.5. The molecule has 14 aromatic carbocycles. The first-order chi connectivity index (χ1) is 43.6. The molecule has 16 aromatic rings. The van der Waals surface area contributed by atoms with Crippen LogP contribution < -0.4 is 21.3 Å². The minimum Gasteiger partial charge on any atom is -0.311 e. The van der Waals surface area contributed by atoms with Gasteiger partial charge in [0.05, 0.1) is 11.2 Å². The second-order valence-corrected chi connectivity index (χ2v) is 24.6. The maximum atomic E-state index is 2.66. The van der Waals surface area contributed by atoms with Gasteiger partial charge in [0.15, 0.2) is 0 Å². The minimum atomic E-state index is -0.147. The van der Waals surface area contributed by atoms with Gasteiger partial charge in [-0.15, -0.1) is 11.3 Å². The Labute approximate surface area is 515 Å². The summed E-state index contributed by atoms with van der Waals surface area (Å²) in [7, 11) is 0. The van der Waals surface area contributed by atoms with Gasteiger partial charge in [-0.25, -0.2) is 0 Å². The van der Waals surface area contributed by atoms with Crippen molar-refractivity contribution in [2.45, 2.75) is 0 Å². The molecule has 2 aliphatic heterocycles. The number of anilines is 3. The molecule has 18 rings (SSSR count). The van der Waals surface area contributed by atoms with E-state index in [2.05, 4.69) is 331 Å². The average molecular weight is 1130 g/mol. The summed E-state index contributed by atoms with van der Waals surface area (Å²) in [6.45, 7) is -0.147. The molecule has 0 radical (unpaired) electrons.